The Kier molecular flexibility index (Phi) is 4.75. The number of rotatable bonds is 5. The number of fused-ring (bicyclic) bond motifs is 1. The number of methoxy groups -OCH3 is 1. The zero-order valence-corrected chi connectivity index (χ0v) is 15.2. The molecule has 7 heteroatoms. The molecule has 140 valence electrons. The van der Waals surface area contributed by atoms with Gasteiger partial charge in [0.1, 0.15) is 11.3 Å². The van der Waals surface area contributed by atoms with E-state index in [0.717, 1.165) is 5.56 Å². The fraction of sp³-hybridized carbons (Fsp3) is 0.526. The third kappa shape index (κ3) is 2.49. The SMILES string of the molecule is CCC[C@@]1(C(=O)OC)N[C@@H](c2ccc(O)cc2)[C@H]2C(=O)N(CC)C(=O)[C@@H]21. The minimum absolute atomic E-state index is 0.111. The Labute approximate surface area is 152 Å². The molecule has 0 bridgehead atoms. The summed E-state index contributed by atoms with van der Waals surface area (Å²) in [5.74, 6) is -2.46. The van der Waals surface area contributed by atoms with Gasteiger partial charge in [-0.25, -0.2) is 0 Å². The standard InChI is InChI=1S/C19H24N2O5/c1-4-10-19(18(25)26-3)14-13(16(23)21(5-2)17(14)24)15(20-19)11-6-8-12(22)9-7-11/h6-9,13-15,20,22H,4-5,10H2,1-3H3/t13-,14+,15-,19+/m0/s1. The molecule has 26 heavy (non-hydrogen) atoms. The second-order valence-electron chi connectivity index (χ2n) is 6.85. The van der Waals surface area contributed by atoms with Crippen LogP contribution in [-0.4, -0.2) is 47.0 Å². The summed E-state index contributed by atoms with van der Waals surface area (Å²) in [5, 5.41) is 12.8. The number of ether oxygens (including phenoxy) is 1. The third-order valence-corrected chi connectivity index (χ3v) is 5.51. The van der Waals surface area contributed by atoms with E-state index >= 15 is 0 Å². The van der Waals surface area contributed by atoms with E-state index in [1.165, 1.54) is 24.1 Å². The maximum Gasteiger partial charge on any atom is 0.326 e. The van der Waals surface area contributed by atoms with Gasteiger partial charge < -0.3 is 9.84 Å². The summed E-state index contributed by atoms with van der Waals surface area (Å²) < 4.78 is 5.03. The molecule has 1 aromatic rings. The molecule has 2 aliphatic heterocycles. The van der Waals surface area contributed by atoms with Crippen LogP contribution in [0.1, 0.15) is 38.3 Å². The first-order valence-electron chi connectivity index (χ1n) is 8.91. The highest BCUT2D eigenvalue weighted by atomic mass is 16.5. The van der Waals surface area contributed by atoms with Gasteiger partial charge in [-0.2, -0.15) is 0 Å². The molecule has 0 aromatic heterocycles. The number of nitrogens with zero attached hydrogens (tertiary/aromatic N) is 1. The molecule has 2 heterocycles. The molecule has 1 aromatic carbocycles. The van der Waals surface area contributed by atoms with E-state index < -0.39 is 29.4 Å². The Morgan fingerprint density at radius 2 is 1.88 bits per heavy atom. The monoisotopic (exact) mass is 360 g/mol. The molecule has 2 aliphatic rings. The molecule has 0 aliphatic carbocycles. The van der Waals surface area contributed by atoms with Crippen LogP contribution < -0.4 is 5.32 Å². The summed E-state index contributed by atoms with van der Waals surface area (Å²) in [5.41, 5.74) is -0.480. The summed E-state index contributed by atoms with van der Waals surface area (Å²) in [7, 11) is 1.29. The van der Waals surface area contributed by atoms with Crippen molar-refractivity contribution in [2.75, 3.05) is 13.7 Å². The van der Waals surface area contributed by atoms with Crippen LogP contribution in [-0.2, 0) is 19.1 Å². The van der Waals surface area contributed by atoms with Crippen LogP contribution in [0.2, 0.25) is 0 Å². The number of amides is 2. The van der Waals surface area contributed by atoms with Gasteiger partial charge in [0.15, 0.2) is 0 Å². The molecule has 4 atom stereocenters. The number of hydrogen-bond acceptors (Lipinski definition) is 6. The van der Waals surface area contributed by atoms with Crippen molar-refractivity contribution in [3.63, 3.8) is 0 Å². The molecule has 2 N–H and O–H groups in total. The zero-order valence-electron chi connectivity index (χ0n) is 15.2. The highest BCUT2D eigenvalue weighted by molar-refractivity contribution is 6.09. The van der Waals surface area contributed by atoms with Gasteiger partial charge in [-0.1, -0.05) is 25.5 Å². The van der Waals surface area contributed by atoms with E-state index in [4.69, 9.17) is 4.74 Å². The van der Waals surface area contributed by atoms with E-state index in [0.29, 0.717) is 12.8 Å². The molecule has 2 fully saturated rings. The number of likely N-dealkylation sites (tertiary alicyclic amines) is 1. The van der Waals surface area contributed by atoms with Crippen molar-refractivity contribution in [2.24, 2.45) is 11.8 Å². The Bertz CT molecular complexity index is 732. The minimum atomic E-state index is -1.23. The Morgan fingerprint density at radius 3 is 2.42 bits per heavy atom. The van der Waals surface area contributed by atoms with Crippen molar-refractivity contribution in [1.29, 1.82) is 0 Å². The van der Waals surface area contributed by atoms with Crippen LogP contribution in [0.15, 0.2) is 24.3 Å². The van der Waals surface area contributed by atoms with Crippen molar-refractivity contribution in [3.05, 3.63) is 29.8 Å². The molecule has 0 saturated carbocycles. The molecule has 7 nitrogen and oxygen atoms in total. The lowest BCUT2D eigenvalue weighted by Gasteiger charge is -2.32. The molecule has 0 spiro atoms. The van der Waals surface area contributed by atoms with Crippen molar-refractivity contribution >= 4 is 17.8 Å². The fourth-order valence-corrected chi connectivity index (χ4v) is 4.44. The summed E-state index contributed by atoms with van der Waals surface area (Å²) >= 11 is 0. The largest absolute Gasteiger partial charge is 0.508 e. The van der Waals surface area contributed by atoms with Gasteiger partial charge in [-0.3, -0.25) is 24.6 Å². The topological polar surface area (TPSA) is 95.9 Å². The molecule has 2 saturated heterocycles. The number of hydrogen-bond donors (Lipinski definition) is 2. The van der Waals surface area contributed by atoms with Gasteiger partial charge in [0.2, 0.25) is 11.8 Å². The summed E-state index contributed by atoms with van der Waals surface area (Å²) in [6.45, 7) is 3.95. The maximum absolute atomic E-state index is 13.0. The first kappa shape index (κ1) is 18.4. The lowest BCUT2D eigenvalue weighted by molar-refractivity contribution is -0.154. The fourth-order valence-electron chi connectivity index (χ4n) is 4.44. The number of carbonyl (C=O) groups excluding carboxylic acids is 3. The van der Waals surface area contributed by atoms with Gasteiger partial charge in [-0.15, -0.1) is 0 Å². The smallest absolute Gasteiger partial charge is 0.326 e. The first-order chi connectivity index (χ1) is 12.4. The summed E-state index contributed by atoms with van der Waals surface area (Å²) in [4.78, 5) is 39.9. The Balaban J connectivity index is 2.13. The number of esters is 1. The van der Waals surface area contributed by atoms with Crippen LogP contribution >= 0.6 is 0 Å². The highest BCUT2D eigenvalue weighted by Crippen LogP contribution is 2.50. The van der Waals surface area contributed by atoms with Gasteiger partial charge in [-0.05, 0) is 31.0 Å². The van der Waals surface area contributed by atoms with Crippen molar-refractivity contribution in [3.8, 4) is 5.75 Å². The van der Waals surface area contributed by atoms with Crippen molar-refractivity contribution < 1.29 is 24.2 Å². The van der Waals surface area contributed by atoms with E-state index in [9.17, 15) is 19.5 Å². The van der Waals surface area contributed by atoms with E-state index in [2.05, 4.69) is 5.32 Å². The number of carbonyl (C=O) groups is 3. The number of aromatic hydroxyl groups is 1. The lowest BCUT2D eigenvalue weighted by atomic mass is 9.77. The molecular formula is C19H24N2O5. The summed E-state index contributed by atoms with van der Waals surface area (Å²) in [6.07, 6.45) is 1.05. The van der Waals surface area contributed by atoms with Crippen LogP contribution in [0.5, 0.6) is 5.75 Å². The lowest BCUT2D eigenvalue weighted by Crippen LogP contribution is -2.56. The average molecular weight is 360 g/mol. The average Bonchev–Trinajstić information content (AvgIpc) is 3.10. The molecule has 3 rings (SSSR count). The van der Waals surface area contributed by atoms with Crippen LogP contribution in [0.25, 0.3) is 0 Å². The second-order valence-corrected chi connectivity index (χ2v) is 6.85. The zero-order chi connectivity index (χ0) is 19.1. The predicted molar refractivity (Wildman–Crippen MR) is 93.0 cm³/mol. The highest BCUT2D eigenvalue weighted by Gasteiger charge is 2.68. The van der Waals surface area contributed by atoms with Crippen molar-refractivity contribution in [1.82, 2.24) is 10.2 Å². The van der Waals surface area contributed by atoms with Gasteiger partial charge in [0.05, 0.1) is 18.9 Å². The Morgan fingerprint density at radius 1 is 1.23 bits per heavy atom. The molecule has 0 unspecified atom stereocenters. The number of benzene rings is 1. The van der Waals surface area contributed by atoms with E-state index in [1.54, 1.807) is 19.1 Å². The van der Waals surface area contributed by atoms with Gasteiger partial charge in [0, 0.05) is 12.6 Å². The predicted octanol–water partition coefficient (Wildman–Crippen LogP) is 1.37. The Hall–Kier alpha value is -2.41. The normalized spacial score (nSPS) is 30.6. The van der Waals surface area contributed by atoms with Gasteiger partial charge in [0.25, 0.3) is 0 Å². The quantitative estimate of drug-likeness (QED) is 0.608. The van der Waals surface area contributed by atoms with Gasteiger partial charge >= 0.3 is 5.97 Å². The number of imide groups is 1. The molecule has 2 amide bonds. The second kappa shape index (κ2) is 6.72. The number of nitrogens with one attached hydrogen (secondary N) is 1. The van der Waals surface area contributed by atoms with Crippen LogP contribution in [0, 0.1) is 11.8 Å². The molecular weight excluding hydrogens is 336 g/mol. The van der Waals surface area contributed by atoms with E-state index in [-0.39, 0.29) is 24.1 Å². The third-order valence-electron chi connectivity index (χ3n) is 5.51. The molecule has 0 radical (unpaired) electrons. The number of phenols is 1. The first-order valence-corrected chi connectivity index (χ1v) is 8.91. The number of phenolic OH excluding ortho intramolecular Hbond substituents is 1. The van der Waals surface area contributed by atoms with E-state index in [1.807, 2.05) is 6.92 Å². The van der Waals surface area contributed by atoms with Crippen molar-refractivity contribution in [2.45, 2.75) is 38.3 Å². The summed E-state index contributed by atoms with van der Waals surface area (Å²) in [6, 6.07) is 5.97. The maximum atomic E-state index is 13.0. The minimum Gasteiger partial charge on any atom is -0.508 e. The van der Waals surface area contributed by atoms with Crippen LogP contribution in [0.4, 0.5) is 0 Å². The van der Waals surface area contributed by atoms with Crippen LogP contribution in [0.3, 0.4) is 0 Å².